The van der Waals surface area contributed by atoms with Gasteiger partial charge in [0, 0.05) is 62.8 Å². The standard InChI is InChI=1S/C29H37ClN4O5/c1-6-22(35)17-39-26-14-20-13-21(7-8-25(20)34(18(2)3)28(26)36)32-24-15-27(31-16-23(24)30)33-11-9-19(10-12-33)29(37-4)38-5/h7-8,13-16,18-19,29H,6,9-12,17H2,1-5H3,(H,31,32). The molecule has 0 radical (unpaired) electrons. The minimum Gasteiger partial charge on any atom is -0.480 e. The van der Waals surface area contributed by atoms with Crippen LogP contribution >= 0.6 is 11.6 Å². The van der Waals surface area contributed by atoms with Crippen molar-refractivity contribution in [3.63, 3.8) is 0 Å². The number of piperidine rings is 1. The zero-order chi connectivity index (χ0) is 28.1. The highest BCUT2D eigenvalue weighted by Crippen LogP contribution is 2.32. The highest BCUT2D eigenvalue weighted by atomic mass is 35.5. The summed E-state index contributed by atoms with van der Waals surface area (Å²) in [7, 11) is 3.35. The number of ether oxygens (including phenoxy) is 3. The summed E-state index contributed by atoms with van der Waals surface area (Å²) in [5.74, 6) is 1.28. The van der Waals surface area contributed by atoms with Crippen molar-refractivity contribution in [3.8, 4) is 5.75 Å². The van der Waals surface area contributed by atoms with Gasteiger partial charge in [-0.1, -0.05) is 18.5 Å². The summed E-state index contributed by atoms with van der Waals surface area (Å²) in [6.07, 6.45) is 3.70. The maximum atomic E-state index is 13.1. The zero-order valence-electron chi connectivity index (χ0n) is 23.2. The second-order valence-corrected chi connectivity index (χ2v) is 10.5. The number of halogens is 1. The molecule has 39 heavy (non-hydrogen) atoms. The molecule has 0 unspecified atom stereocenters. The lowest BCUT2D eigenvalue weighted by Crippen LogP contribution is -2.39. The van der Waals surface area contributed by atoms with Gasteiger partial charge in [-0.15, -0.1) is 0 Å². The molecule has 210 valence electrons. The fourth-order valence-corrected chi connectivity index (χ4v) is 5.16. The van der Waals surface area contributed by atoms with Gasteiger partial charge in [-0.3, -0.25) is 9.59 Å². The molecule has 0 aliphatic carbocycles. The molecule has 1 fully saturated rings. The lowest BCUT2D eigenvalue weighted by atomic mass is 9.96. The molecule has 0 spiro atoms. The first-order chi connectivity index (χ1) is 18.7. The molecule has 0 atom stereocenters. The van der Waals surface area contributed by atoms with E-state index in [1.165, 1.54) is 0 Å². The van der Waals surface area contributed by atoms with E-state index in [-0.39, 0.29) is 36.0 Å². The molecule has 0 amide bonds. The Kier molecular flexibility index (Phi) is 9.48. The summed E-state index contributed by atoms with van der Waals surface area (Å²) < 4.78 is 18.2. The number of nitrogens with zero attached hydrogens (tertiary/aromatic N) is 3. The Hall–Kier alpha value is -3.14. The Morgan fingerprint density at radius 1 is 1.15 bits per heavy atom. The maximum absolute atomic E-state index is 13.1. The van der Waals surface area contributed by atoms with Crippen LogP contribution in [0.5, 0.6) is 5.75 Å². The second-order valence-electron chi connectivity index (χ2n) is 10.0. The first kappa shape index (κ1) is 28.9. The molecule has 1 N–H and O–H groups in total. The lowest BCUT2D eigenvalue weighted by molar-refractivity contribution is -0.141. The number of benzene rings is 1. The van der Waals surface area contributed by atoms with Crippen LogP contribution in [0.4, 0.5) is 17.2 Å². The largest absolute Gasteiger partial charge is 0.480 e. The van der Waals surface area contributed by atoms with Crippen LogP contribution in [0.2, 0.25) is 5.02 Å². The van der Waals surface area contributed by atoms with Gasteiger partial charge in [-0.05, 0) is 51.0 Å². The number of hydrogen-bond donors (Lipinski definition) is 1. The average molecular weight is 557 g/mol. The van der Waals surface area contributed by atoms with E-state index in [4.69, 9.17) is 25.8 Å². The van der Waals surface area contributed by atoms with Crippen LogP contribution in [0.25, 0.3) is 10.9 Å². The number of ketones is 1. The third kappa shape index (κ3) is 6.54. The Balaban J connectivity index is 1.58. The first-order valence-corrected chi connectivity index (χ1v) is 13.7. The van der Waals surface area contributed by atoms with Gasteiger partial charge in [0.05, 0.1) is 22.4 Å². The smallest absolute Gasteiger partial charge is 0.293 e. The van der Waals surface area contributed by atoms with Crippen molar-refractivity contribution in [3.05, 3.63) is 51.9 Å². The van der Waals surface area contributed by atoms with E-state index < -0.39 is 0 Å². The van der Waals surface area contributed by atoms with Gasteiger partial charge < -0.3 is 29.0 Å². The number of methoxy groups -OCH3 is 2. The molecular weight excluding hydrogens is 520 g/mol. The van der Waals surface area contributed by atoms with Crippen molar-refractivity contribution < 1.29 is 19.0 Å². The van der Waals surface area contributed by atoms with Crippen LogP contribution in [0, 0.1) is 5.92 Å². The van der Waals surface area contributed by atoms with E-state index in [9.17, 15) is 9.59 Å². The van der Waals surface area contributed by atoms with Crippen molar-refractivity contribution in [2.75, 3.05) is 44.1 Å². The molecule has 10 heteroatoms. The number of nitrogens with one attached hydrogen (secondary N) is 1. The number of rotatable bonds is 11. The van der Waals surface area contributed by atoms with Crippen molar-refractivity contribution >= 4 is 45.5 Å². The molecule has 2 aromatic heterocycles. The van der Waals surface area contributed by atoms with Crippen LogP contribution in [0.3, 0.4) is 0 Å². The summed E-state index contributed by atoms with van der Waals surface area (Å²) >= 11 is 6.53. The Labute approximate surface area is 234 Å². The molecule has 1 aromatic carbocycles. The predicted octanol–water partition coefficient (Wildman–Crippen LogP) is 5.57. The lowest BCUT2D eigenvalue weighted by Gasteiger charge is -2.35. The Bertz CT molecular complexity index is 1360. The van der Waals surface area contributed by atoms with Gasteiger partial charge >= 0.3 is 0 Å². The predicted molar refractivity (Wildman–Crippen MR) is 155 cm³/mol. The number of Topliss-reactive ketones (excluding diaryl/α,β-unsaturated/α-hetero) is 1. The number of pyridine rings is 2. The molecule has 0 saturated carbocycles. The molecule has 3 heterocycles. The second kappa shape index (κ2) is 12.8. The fraction of sp³-hybridized carbons (Fsp3) is 0.483. The van der Waals surface area contributed by atoms with E-state index in [1.54, 1.807) is 38.0 Å². The van der Waals surface area contributed by atoms with E-state index in [0.29, 0.717) is 17.4 Å². The van der Waals surface area contributed by atoms with Crippen LogP contribution < -0.4 is 20.5 Å². The fourth-order valence-electron chi connectivity index (χ4n) is 5.01. The number of carbonyl (C=O) groups is 1. The van der Waals surface area contributed by atoms with E-state index in [2.05, 4.69) is 15.2 Å². The molecule has 1 saturated heterocycles. The van der Waals surface area contributed by atoms with Crippen LogP contribution in [-0.4, -0.2) is 55.5 Å². The molecule has 0 bridgehead atoms. The van der Waals surface area contributed by atoms with Gasteiger partial charge in [-0.2, -0.15) is 0 Å². The van der Waals surface area contributed by atoms with Crippen molar-refractivity contribution in [1.82, 2.24) is 9.55 Å². The third-order valence-corrected chi connectivity index (χ3v) is 7.44. The van der Waals surface area contributed by atoms with Crippen molar-refractivity contribution in [2.45, 2.75) is 52.4 Å². The topological polar surface area (TPSA) is 94.9 Å². The summed E-state index contributed by atoms with van der Waals surface area (Å²) in [4.78, 5) is 31.7. The van der Waals surface area contributed by atoms with Crippen molar-refractivity contribution in [1.29, 1.82) is 0 Å². The average Bonchev–Trinajstić information content (AvgIpc) is 2.93. The Morgan fingerprint density at radius 2 is 1.87 bits per heavy atom. The van der Waals surface area contributed by atoms with Gasteiger partial charge in [-0.25, -0.2) is 4.98 Å². The quantitative estimate of drug-likeness (QED) is 0.306. The van der Waals surface area contributed by atoms with Crippen molar-refractivity contribution in [2.24, 2.45) is 5.92 Å². The van der Waals surface area contributed by atoms with E-state index in [0.717, 1.165) is 54.0 Å². The molecule has 1 aliphatic rings. The first-order valence-electron chi connectivity index (χ1n) is 13.3. The highest BCUT2D eigenvalue weighted by Gasteiger charge is 2.27. The third-order valence-electron chi connectivity index (χ3n) is 7.14. The number of anilines is 3. The summed E-state index contributed by atoms with van der Waals surface area (Å²) in [6.45, 7) is 7.21. The number of carbonyl (C=O) groups excluding carboxylic acids is 1. The normalized spacial score (nSPS) is 14.4. The maximum Gasteiger partial charge on any atom is 0.293 e. The van der Waals surface area contributed by atoms with Crippen LogP contribution in [0.1, 0.15) is 46.1 Å². The Morgan fingerprint density at radius 3 is 2.51 bits per heavy atom. The van der Waals surface area contributed by atoms with Crippen LogP contribution in [0.15, 0.2) is 41.3 Å². The monoisotopic (exact) mass is 556 g/mol. The molecule has 9 nitrogen and oxygen atoms in total. The highest BCUT2D eigenvalue weighted by molar-refractivity contribution is 6.33. The van der Waals surface area contributed by atoms with E-state index >= 15 is 0 Å². The van der Waals surface area contributed by atoms with E-state index in [1.807, 2.05) is 38.1 Å². The SMILES string of the molecule is CCC(=O)COc1cc2cc(Nc3cc(N4CCC(C(OC)OC)CC4)ncc3Cl)ccc2n(C(C)C)c1=O. The van der Waals surface area contributed by atoms with Gasteiger partial charge in [0.25, 0.3) is 5.56 Å². The molecule has 1 aliphatic heterocycles. The van der Waals surface area contributed by atoms with Gasteiger partial charge in [0.15, 0.2) is 17.8 Å². The van der Waals surface area contributed by atoms with Crippen LogP contribution in [-0.2, 0) is 14.3 Å². The summed E-state index contributed by atoms with van der Waals surface area (Å²) in [5.41, 5.74) is 2.06. The summed E-state index contributed by atoms with van der Waals surface area (Å²) in [5, 5.41) is 4.72. The molecule has 4 rings (SSSR count). The van der Waals surface area contributed by atoms with Gasteiger partial charge in [0.1, 0.15) is 12.4 Å². The number of aromatic nitrogens is 2. The number of hydrogen-bond acceptors (Lipinski definition) is 8. The minimum atomic E-state index is -0.255. The van der Waals surface area contributed by atoms with Gasteiger partial charge in [0.2, 0.25) is 0 Å². The summed E-state index contributed by atoms with van der Waals surface area (Å²) in [6, 6.07) is 9.33. The molecular formula is C29H37ClN4O5. The zero-order valence-corrected chi connectivity index (χ0v) is 24.0. The number of fused-ring (bicyclic) bond motifs is 1. The minimum absolute atomic E-state index is 0.0643. The molecule has 3 aromatic rings.